The molecule has 0 saturated carbocycles. The molecule has 38 heavy (non-hydrogen) atoms. The topological polar surface area (TPSA) is 92.2 Å². The molecule has 1 aliphatic rings. The van der Waals surface area contributed by atoms with E-state index < -0.39 is 5.95 Å². The molecule has 0 spiro atoms. The van der Waals surface area contributed by atoms with E-state index in [9.17, 15) is 14.0 Å². The number of halogens is 1. The second-order valence-corrected chi connectivity index (χ2v) is 10.3. The summed E-state index contributed by atoms with van der Waals surface area (Å²) in [5.41, 5.74) is 4.28. The number of amides is 2. The molecule has 1 fully saturated rings. The molecular weight excluding hydrogens is 503 g/mol. The zero-order valence-electron chi connectivity index (χ0n) is 21.2. The molecule has 10 heteroatoms. The first kappa shape index (κ1) is 25.6. The highest BCUT2D eigenvalue weighted by atomic mass is 32.1. The van der Waals surface area contributed by atoms with Gasteiger partial charge in [-0.05, 0) is 67.3 Å². The summed E-state index contributed by atoms with van der Waals surface area (Å²) in [4.78, 5) is 35.1. The van der Waals surface area contributed by atoms with Gasteiger partial charge in [-0.2, -0.15) is 4.39 Å². The smallest absolute Gasteiger partial charge is 0.274 e. The van der Waals surface area contributed by atoms with Gasteiger partial charge >= 0.3 is 0 Å². The Balaban J connectivity index is 1.26. The van der Waals surface area contributed by atoms with Gasteiger partial charge in [-0.25, -0.2) is 9.97 Å². The van der Waals surface area contributed by atoms with Crippen LogP contribution in [0.15, 0.2) is 66.3 Å². The molecule has 0 bridgehead atoms. The van der Waals surface area contributed by atoms with Crippen molar-refractivity contribution in [2.75, 3.05) is 16.8 Å². The van der Waals surface area contributed by atoms with Crippen molar-refractivity contribution in [3.63, 3.8) is 0 Å². The summed E-state index contributed by atoms with van der Waals surface area (Å²) in [7, 11) is 0. The Bertz CT molecular complexity index is 1430. The van der Waals surface area contributed by atoms with Crippen molar-refractivity contribution in [2.45, 2.75) is 45.3 Å². The minimum absolute atomic E-state index is 0.0485. The normalized spacial score (nSPS) is 15.9. The average Bonchev–Trinajstić information content (AvgIpc) is 3.65. The summed E-state index contributed by atoms with van der Waals surface area (Å²) >= 11 is 1.41. The number of benzene rings is 1. The standard InChI is InChI=1S/C28H29FN6O2S/c1-18(31-19(2)36)21-7-9-22(10-8-21)35-14-4-5-24(35)23-17-38-28(32-23)33-27(37)25-6-3-13-34(25)16-20-11-12-30-26(29)15-20/h3,6-13,15,17-18,24H,4-5,14,16H2,1-2H3,(H,31,36)(H,32,33,37)/t18?,24-/m1/s1. The summed E-state index contributed by atoms with van der Waals surface area (Å²) in [6, 6.07) is 15.0. The second-order valence-electron chi connectivity index (χ2n) is 9.40. The first-order valence-corrected chi connectivity index (χ1v) is 13.4. The minimum Gasteiger partial charge on any atom is -0.363 e. The van der Waals surface area contributed by atoms with E-state index in [0.717, 1.165) is 41.9 Å². The Morgan fingerprint density at radius 1 is 1.21 bits per heavy atom. The van der Waals surface area contributed by atoms with Crippen molar-refractivity contribution in [3.8, 4) is 0 Å². The van der Waals surface area contributed by atoms with Gasteiger partial charge in [0.1, 0.15) is 5.69 Å². The van der Waals surface area contributed by atoms with Crippen LogP contribution in [-0.4, -0.2) is 32.9 Å². The first-order chi connectivity index (χ1) is 18.4. The molecule has 2 amide bonds. The van der Waals surface area contributed by atoms with Crippen molar-refractivity contribution in [3.05, 3.63) is 94.8 Å². The van der Waals surface area contributed by atoms with Crippen molar-refractivity contribution in [2.24, 2.45) is 0 Å². The Hall–Kier alpha value is -4.05. The number of thiazole rings is 1. The van der Waals surface area contributed by atoms with Crippen LogP contribution in [0.2, 0.25) is 0 Å². The number of carbonyl (C=O) groups excluding carboxylic acids is 2. The Labute approximate surface area is 224 Å². The summed E-state index contributed by atoms with van der Waals surface area (Å²) in [5.74, 6) is -0.866. The van der Waals surface area contributed by atoms with E-state index in [2.05, 4.69) is 32.7 Å². The lowest BCUT2D eigenvalue weighted by Gasteiger charge is -2.26. The lowest BCUT2D eigenvalue weighted by Crippen LogP contribution is -2.24. The molecule has 8 nitrogen and oxygen atoms in total. The molecule has 5 rings (SSSR count). The van der Waals surface area contributed by atoms with Crippen LogP contribution in [0.4, 0.5) is 15.2 Å². The van der Waals surface area contributed by atoms with E-state index in [1.165, 1.54) is 30.5 Å². The summed E-state index contributed by atoms with van der Waals surface area (Å²) in [6.07, 6.45) is 5.24. The largest absolute Gasteiger partial charge is 0.363 e. The number of pyridine rings is 1. The number of rotatable bonds is 8. The molecule has 0 aliphatic carbocycles. The highest BCUT2D eigenvalue weighted by Crippen LogP contribution is 2.37. The number of aromatic nitrogens is 3. The highest BCUT2D eigenvalue weighted by Gasteiger charge is 2.28. The maximum Gasteiger partial charge on any atom is 0.274 e. The third-order valence-corrected chi connectivity index (χ3v) is 7.46. The van der Waals surface area contributed by atoms with E-state index >= 15 is 0 Å². The van der Waals surface area contributed by atoms with Crippen molar-refractivity contribution in [1.29, 1.82) is 0 Å². The molecule has 0 radical (unpaired) electrons. The van der Waals surface area contributed by atoms with Gasteiger partial charge in [-0.1, -0.05) is 12.1 Å². The Morgan fingerprint density at radius 2 is 2.03 bits per heavy atom. The predicted octanol–water partition coefficient (Wildman–Crippen LogP) is 5.32. The van der Waals surface area contributed by atoms with E-state index in [1.807, 2.05) is 24.4 Å². The number of nitrogens with one attached hydrogen (secondary N) is 2. The van der Waals surface area contributed by atoms with Gasteiger partial charge < -0.3 is 14.8 Å². The third-order valence-electron chi connectivity index (χ3n) is 6.69. The van der Waals surface area contributed by atoms with Crippen molar-refractivity contribution >= 4 is 34.0 Å². The van der Waals surface area contributed by atoms with Gasteiger partial charge in [-0.3, -0.25) is 14.9 Å². The predicted molar refractivity (Wildman–Crippen MR) is 146 cm³/mol. The van der Waals surface area contributed by atoms with E-state index in [-0.39, 0.29) is 23.9 Å². The molecule has 4 aromatic rings. The number of carbonyl (C=O) groups is 2. The van der Waals surface area contributed by atoms with Crippen LogP contribution in [0.1, 0.15) is 66.1 Å². The molecule has 2 N–H and O–H groups in total. The van der Waals surface area contributed by atoms with Gasteiger partial charge in [0.25, 0.3) is 5.91 Å². The number of hydrogen-bond acceptors (Lipinski definition) is 6. The SMILES string of the molecule is CC(=O)NC(C)c1ccc(N2CCC[C@@H]2c2csc(NC(=O)c3cccn3Cc3ccnc(F)c3)n2)cc1. The monoisotopic (exact) mass is 532 g/mol. The van der Waals surface area contributed by atoms with Gasteiger partial charge in [0, 0.05) is 43.5 Å². The Kier molecular flexibility index (Phi) is 7.50. The molecule has 1 saturated heterocycles. The molecule has 1 aromatic carbocycles. The van der Waals surface area contributed by atoms with E-state index in [4.69, 9.17) is 4.98 Å². The van der Waals surface area contributed by atoms with Crippen LogP contribution in [0.5, 0.6) is 0 Å². The van der Waals surface area contributed by atoms with Crippen LogP contribution < -0.4 is 15.5 Å². The average molecular weight is 533 g/mol. The van der Waals surface area contributed by atoms with Crippen LogP contribution in [0.25, 0.3) is 0 Å². The first-order valence-electron chi connectivity index (χ1n) is 12.5. The van der Waals surface area contributed by atoms with Crippen LogP contribution in [-0.2, 0) is 11.3 Å². The van der Waals surface area contributed by atoms with Crippen molar-refractivity contribution in [1.82, 2.24) is 19.9 Å². The minimum atomic E-state index is -0.549. The summed E-state index contributed by atoms with van der Waals surface area (Å²) in [6.45, 7) is 4.77. The maximum atomic E-state index is 13.5. The zero-order valence-corrected chi connectivity index (χ0v) is 22.0. The summed E-state index contributed by atoms with van der Waals surface area (Å²) in [5, 5.41) is 8.38. The zero-order chi connectivity index (χ0) is 26.6. The van der Waals surface area contributed by atoms with Crippen LogP contribution in [0.3, 0.4) is 0 Å². The molecule has 4 heterocycles. The molecule has 196 valence electrons. The molecular formula is C28H29FN6O2S. The fourth-order valence-electron chi connectivity index (χ4n) is 4.88. The van der Waals surface area contributed by atoms with Crippen LogP contribution in [0, 0.1) is 5.95 Å². The molecule has 1 aliphatic heterocycles. The number of nitrogens with zero attached hydrogens (tertiary/aromatic N) is 4. The van der Waals surface area contributed by atoms with Crippen molar-refractivity contribution < 1.29 is 14.0 Å². The lowest BCUT2D eigenvalue weighted by atomic mass is 10.1. The Morgan fingerprint density at radius 3 is 2.79 bits per heavy atom. The molecule has 1 unspecified atom stereocenters. The molecule has 3 aromatic heterocycles. The van der Waals surface area contributed by atoms with E-state index in [1.54, 1.807) is 29.0 Å². The lowest BCUT2D eigenvalue weighted by molar-refractivity contribution is -0.119. The maximum absolute atomic E-state index is 13.5. The van der Waals surface area contributed by atoms with Gasteiger partial charge in [0.2, 0.25) is 11.9 Å². The van der Waals surface area contributed by atoms with E-state index in [0.29, 0.717) is 17.4 Å². The third kappa shape index (κ3) is 5.75. The van der Waals surface area contributed by atoms with Crippen LogP contribution >= 0.6 is 11.3 Å². The second kappa shape index (κ2) is 11.1. The number of anilines is 2. The quantitative estimate of drug-likeness (QED) is 0.300. The molecule has 2 atom stereocenters. The fourth-order valence-corrected chi connectivity index (χ4v) is 5.63. The van der Waals surface area contributed by atoms with Gasteiger partial charge in [0.05, 0.1) is 17.8 Å². The fraction of sp³-hybridized carbons (Fsp3) is 0.286. The van der Waals surface area contributed by atoms with Gasteiger partial charge in [-0.15, -0.1) is 11.3 Å². The number of hydrogen-bond donors (Lipinski definition) is 2. The van der Waals surface area contributed by atoms with Gasteiger partial charge in [0.15, 0.2) is 5.13 Å². The highest BCUT2D eigenvalue weighted by molar-refractivity contribution is 7.14. The summed E-state index contributed by atoms with van der Waals surface area (Å²) < 4.78 is 15.2.